The van der Waals surface area contributed by atoms with Gasteiger partial charge in [-0.25, -0.2) is 0 Å². The molecule has 3 aromatic rings. The number of hydrogen-bond donors (Lipinski definition) is 0. The van der Waals surface area contributed by atoms with Crippen molar-refractivity contribution in [3.8, 4) is 0 Å². The summed E-state index contributed by atoms with van der Waals surface area (Å²) in [6.07, 6.45) is 1.47. The first-order chi connectivity index (χ1) is 12.8. The first-order valence-electron chi connectivity index (χ1n) is 9.34. The number of benzene rings is 2. The number of amides is 1. The fourth-order valence-electron chi connectivity index (χ4n) is 5.21. The third-order valence-electron chi connectivity index (χ3n) is 6.37. The summed E-state index contributed by atoms with van der Waals surface area (Å²) in [6.45, 7) is 3.14. The number of likely N-dealkylation sites (tertiary alicyclic amines) is 1. The Kier molecular flexibility index (Phi) is 2.89. The Morgan fingerprint density at radius 1 is 1.08 bits per heavy atom. The lowest BCUT2D eigenvalue weighted by atomic mass is 10.1. The zero-order valence-electron chi connectivity index (χ0n) is 14.5. The lowest BCUT2D eigenvalue weighted by Gasteiger charge is -2.31. The molecule has 1 amide bonds. The minimum Gasteiger partial charge on any atom is -0.456 e. The maximum atomic E-state index is 12.4. The van der Waals surface area contributed by atoms with Gasteiger partial charge in [-0.05, 0) is 6.07 Å². The highest BCUT2D eigenvalue weighted by atomic mass is 16.5. The molecule has 2 aromatic carbocycles. The summed E-state index contributed by atoms with van der Waals surface area (Å²) in [5.74, 6) is 0.235. The SMILES string of the molecule is O=C1C[C@H]2N(Cc3cccc4c3oc3ccccc34)CC[C@]23OCCN13. The van der Waals surface area contributed by atoms with Crippen LogP contribution in [0.15, 0.2) is 46.9 Å². The van der Waals surface area contributed by atoms with E-state index in [1.54, 1.807) is 0 Å². The average molecular weight is 348 g/mol. The van der Waals surface area contributed by atoms with Crippen LogP contribution in [0.4, 0.5) is 0 Å². The van der Waals surface area contributed by atoms with Gasteiger partial charge >= 0.3 is 0 Å². The second-order valence-electron chi connectivity index (χ2n) is 7.57. The van der Waals surface area contributed by atoms with Crippen LogP contribution in [-0.4, -0.2) is 47.2 Å². The molecule has 3 fully saturated rings. The molecule has 0 bridgehead atoms. The summed E-state index contributed by atoms with van der Waals surface area (Å²) in [6, 6.07) is 14.7. The van der Waals surface area contributed by atoms with Crippen molar-refractivity contribution < 1.29 is 13.9 Å². The van der Waals surface area contributed by atoms with E-state index in [4.69, 9.17) is 9.15 Å². The maximum Gasteiger partial charge on any atom is 0.226 e. The third kappa shape index (κ3) is 1.79. The molecular weight excluding hydrogens is 328 g/mol. The number of rotatable bonds is 2. The lowest BCUT2D eigenvalue weighted by molar-refractivity contribution is -0.136. The van der Waals surface area contributed by atoms with Crippen LogP contribution in [0.25, 0.3) is 21.9 Å². The summed E-state index contributed by atoms with van der Waals surface area (Å²) in [4.78, 5) is 16.8. The van der Waals surface area contributed by atoms with E-state index in [0.29, 0.717) is 13.0 Å². The van der Waals surface area contributed by atoms with Crippen molar-refractivity contribution >= 4 is 27.8 Å². The normalized spacial score (nSPS) is 28.4. The third-order valence-corrected chi connectivity index (χ3v) is 6.37. The van der Waals surface area contributed by atoms with E-state index in [1.807, 2.05) is 23.1 Å². The van der Waals surface area contributed by atoms with Gasteiger partial charge in [-0.3, -0.25) is 9.69 Å². The molecule has 6 rings (SSSR count). The molecule has 5 heteroatoms. The number of para-hydroxylation sites is 2. The van der Waals surface area contributed by atoms with Crippen molar-refractivity contribution in [2.75, 3.05) is 19.7 Å². The van der Waals surface area contributed by atoms with E-state index in [9.17, 15) is 4.79 Å². The Labute approximate surface area is 151 Å². The molecule has 0 N–H and O–H groups in total. The van der Waals surface area contributed by atoms with Crippen LogP contribution in [0.5, 0.6) is 0 Å². The fraction of sp³-hybridized carbons (Fsp3) is 0.381. The van der Waals surface area contributed by atoms with E-state index in [1.165, 1.54) is 5.56 Å². The zero-order valence-corrected chi connectivity index (χ0v) is 14.5. The smallest absolute Gasteiger partial charge is 0.226 e. The van der Waals surface area contributed by atoms with Gasteiger partial charge in [0.25, 0.3) is 0 Å². The Balaban J connectivity index is 1.39. The van der Waals surface area contributed by atoms with E-state index >= 15 is 0 Å². The second-order valence-corrected chi connectivity index (χ2v) is 7.57. The van der Waals surface area contributed by atoms with Gasteiger partial charge in [-0.15, -0.1) is 0 Å². The van der Waals surface area contributed by atoms with Crippen LogP contribution in [0, 0.1) is 0 Å². The van der Waals surface area contributed by atoms with Gasteiger partial charge in [0, 0.05) is 48.8 Å². The largest absolute Gasteiger partial charge is 0.456 e. The van der Waals surface area contributed by atoms with E-state index in [2.05, 4.69) is 29.2 Å². The molecule has 0 unspecified atom stereocenters. The molecule has 26 heavy (non-hydrogen) atoms. The monoisotopic (exact) mass is 348 g/mol. The summed E-state index contributed by atoms with van der Waals surface area (Å²) in [5, 5.41) is 2.32. The zero-order chi connectivity index (χ0) is 17.3. The van der Waals surface area contributed by atoms with Crippen molar-refractivity contribution in [2.45, 2.75) is 31.2 Å². The van der Waals surface area contributed by atoms with Crippen LogP contribution in [0.1, 0.15) is 18.4 Å². The molecule has 3 aliphatic rings. The van der Waals surface area contributed by atoms with Crippen LogP contribution in [0.2, 0.25) is 0 Å². The van der Waals surface area contributed by atoms with Crippen LogP contribution in [0.3, 0.4) is 0 Å². The Hall–Kier alpha value is -2.37. The quantitative estimate of drug-likeness (QED) is 0.714. The fourth-order valence-corrected chi connectivity index (χ4v) is 5.21. The van der Waals surface area contributed by atoms with E-state index < -0.39 is 0 Å². The molecule has 2 atom stereocenters. The van der Waals surface area contributed by atoms with E-state index in [-0.39, 0.29) is 17.7 Å². The molecule has 4 heterocycles. The number of carbonyl (C=O) groups excluding carboxylic acids is 1. The standard InChI is InChI=1S/C21H20N2O3/c24-19-12-18-21(23(19)10-11-25-21)8-9-22(18)13-14-4-3-6-16-15-5-1-2-7-17(15)26-20(14)16/h1-7,18H,8-13H2/t18-,21+/m1/s1. The average Bonchev–Trinajstić information content (AvgIpc) is 3.37. The number of fused-ring (bicyclic) bond motifs is 3. The van der Waals surface area contributed by atoms with Crippen molar-refractivity contribution in [3.05, 3.63) is 48.0 Å². The predicted molar refractivity (Wildman–Crippen MR) is 97.5 cm³/mol. The number of carbonyl (C=O) groups is 1. The Bertz CT molecular complexity index is 1040. The van der Waals surface area contributed by atoms with Gasteiger partial charge in [0.05, 0.1) is 12.6 Å². The molecule has 1 aromatic heterocycles. The number of nitrogens with zero attached hydrogens (tertiary/aromatic N) is 2. The highest BCUT2D eigenvalue weighted by Gasteiger charge is 2.61. The van der Waals surface area contributed by atoms with Crippen molar-refractivity contribution in [1.82, 2.24) is 9.80 Å². The first-order valence-corrected chi connectivity index (χ1v) is 9.34. The van der Waals surface area contributed by atoms with Crippen molar-refractivity contribution in [1.29, 1.82) is 0 Å². The van der Waals surface area contributed by atoms with Gasteiger partial charge in [0.15, 0.2) is 5.72 Å². The van der Waals surface area contributed by atoms with Crippen LogP contribution < -0.4 is 0 Å². The summed E-state index contributed by atoms with van der Waals surface area (Å²) in [5.41, 5.74) is 2.69. The molecule has 1 spiro atoms. The molecule has 3 saturated heterocycles. The highest BCUT2D eigenvalue weighted by molar-refractivity contribution is 6.05. The number of furan rings is 1. The molecule has 0 radical (unpaired) electrons. The summed E-state index contributed by atoms with van der Waals surface area (Å²) >= 11 is 0. The van der Waals surface area contributed by atoms with E-state index in [0.717, 1.165) is 48.0 Å². The molecule has 0 aliphatic carbocycles. The van der Waals surface area contributed by atoms with Gasteiger partial charge in [0.1, 0.15) is 11.2 Å². The minimum absolute atomic E-state index is 0.150. The number of ether oxygens (including phenoxy) is 1. The first kappa shape index (κ1) is 14.8. The van der Waals surface area contributed by atoms with Gasteiger partial charge in [-0.1, -0.05) is 36.4 Å². The van der Waals surface area contributed by atoms with Crippen LogP contribution >= 0.6 is 0 Å². The number of hydrogen-bond acceptors (Lipinski definition) is 4. The minimum atomic E-state index is -0.376. The molecule has 0 saturated carbocycles. The van der Waals surface area contributed by atoms with Gasteiger partial charge in [0.2, 0.25) is 5.91 Å². The maximum absolute atomic E-state index is 12.4. The highest BCUT2D eigenvalue weighted by Crippen LogP contribution is 2.46. The van der Waals surface area contributed by atoms with Gasteiger partial charge in [-0.2, -0.15) is 0 Å². The summed E-state index contributed by atoms with van der Waals surface area (Å²) in [7, 11) is 0. The molecule has 132 valence electrons. The van der Waals surface area contributed by atoms with Crippen LogP contribution in [-0.2, 0) is 16.1 Å². The lowest BCUT2D eigenvalue weighted by Crippen LogP contribution is -2.47. The summed E-state index contributed by atoms with van der Waals surface area (Å²) < 4.78 is 12.3. The molecule has 5 nitrogen and oxygen atoms in total. The van der Waals surface area contributed by atoms with Crippen molar-refractivity contribution in [3.63, 3.8) is 0 Å². The van der Waals surface area contributed by atoms with Crippen molar-refractivity contribution in [2.24, 2.45) is 0 Å². The van der Waals surface area contributed by atoms with Gasteiger partial charge < -0.3 is 14.1 Å². The predicted octanol–water partition coefficient (Wildman–Crippen LogP) is 3.12. The Morgan fingerprint density at radius 3 is 2.92 bits per heavy atom. The topological polar surface area (TPSA) is 45.9 Å². The molecular formula is C21H20N2O3. The second kappa shape index (κ2) is 5.09. The molecule has 3 aliphatic heterocycles. The Morgan fingerprint density at radius 2 is 1.96 bits per heavy atom.